The van der Waals surface area contributed by atoms with E-state index in [0.717, 1.165) is 5.33 Å². The van der Waals surface area contributed by atoms with E-state index in [0.29, 0.717) is 5.41 Å². The summed E-state index contributed by atoms with van der Waals surface area (Å²) in [6.45, 7) is 6.69. The number of allylic oxidation sites excluding steroid dienone is 2. The molecular formula is C8H15Br. The number of hydrogen-bond donors (Lipinski definition) is 0. The minimum Gasteiger partial charge on any atom is -0.0883 e. The average Bonchev–Trinajstić information content (AvgIpc) is 1.84. The molecular weight excluding hydrogens is 176 g/mol. The van der Waals surface area contributed by atoms with E-state index < -0.39 is 0 Å². The highest BCUT2D eigenvalue weighted by molar-refractivity contribution is 9.09. The molecule has 1 heteroatoms. The topological polar surface area (TPSA) is 0 Å². The van der Waals surface area contributed by atoms with E-state index in [4.69, 9.17) is 0 Å². The lowest BCUT2D eigenvalue weighted by atomic mass is 9.90. The molecule has 0 saturated heterocycles. The molecule has 9 heavy (non-hydrogen) atoms. The molecule has 0 heterocycles. The summed E-state index contributed by atoms with van der Waals surface area (Å²) < 4.78 is 0. The molecule has 0 nitrogen and oxygen atoms in total. The minimum absolute atomic E-state index is 0.383. The van der Waals surface area contributed by atoms with Gasteiger partial charge in [0.2, 0.25) is 0 Å². The normalized spacial score (nSPS) is 12.9. The fourth-order valence-electron chi connectivity index (χ4n) is 0.481. The molecule has 54 valence electrons. The zero-order valence-electron chi connectivity index (χ0n) is 6.45. The van der Waals surface area contributed by atoms with Crippen LogP contribution < -0.4 is 0 Å². The highest BCUT2D eigenvalue weighted by Gasteiger charge is 2.08. The molecule has 0 saturated carbocycles. The van der Waals surface area contributed by atoms with Crippen LogP contribution in [0.2, 0.25) is 0 Å². The van der Waals surface area contributed by atoms with Gasteiger partial charge in [-0.2, -0.15) is 0 Å². The van der Waals surface area contributed by atoms with Crippen molar-refractivity contribution in [2.45, 2.75) is 27.2 Å². The van der Waals surface area contributed by atoms with Crippen LogP contribution in [0, 0.1) is 5.41 Å². The minimum atomic E-state index is 0.383. The van der Waals surface area contributed by atoms with Crippen molar-refractivity contribution in [2.24, 2.45) is 5.41 Å². The predicted octanol–water partition coefficient (Wildman–Crippen LogP) is 3.37. The Morgan fingerprint density at radius 2 is 2.00 bits per heavy atom. The smallest absolute Gasteiger partial charge is 0.0212 e. The molecule has 0 unspecified atom stereocenters. The van der Waals surface area contributed by atoms with Crippen molar-refractivity contribution >= 4 is 15.9 Å². The summed E-state index contributed by atoms with van der Waals surface area (Å²) in [5.74, 6) is 0. The van der Waals surface area contributed by atoms with Gasteiger partial charge in [-0.3, -0.25) is 0 Å². The molecule has 0 fully saturated rings. The zero-order valence-corrected chi connectivity index (χ0v) is 8.03. The lowest BCUT2D eigenvalue weighted by Gasteiger charge is -2.16. The Balaban J connectivity index is 3.70. The maximum atomic E-state index is 3.34. The van der Waals surface area contributed by atoms with Crippen molar-refractivity contribution in [1.29, 1.82) is 0 Å². The van der Waals surface area contributed by atoms with E-state index in [-0.39, 0.29) is 0 Å². The van der Waals surface area contributed by atoms with Gasteiger partial charge in [0, 0.05) is 5.33 Å². The van der Waals surface area contributed by atoms with Crippen LogP contribution in [0.5, 0.6) is 0 Å². The molecule has 0 atom stereocenters. The van der Waals surface area contributed by atoms with Gasteiger partial charge in [0.25, 0.3) is 0 Å². The summed E-state index contributed by atoms with van der Waals surface area (Å²) in [4.78, 5) is 0. The second-order valence-electron chi connectivity index (χ2n) is 2.90. The Morgan fingerprint density at radius 3 is 2.33 bits per heavy atom. The average molecular weight is 191 g/mol. The zero-order chi connectivity index (χ0) is 7.33. The standard InChI is InChI=1S/C8H15Br/c1-4-8(2,3)6-5-7-9/h5-6H,4,7H2,1-3H3/b6-5+. The Hall–Kier alpha value is 0.220. The third-order valence-corrected chi connectivity index (χ3v) is 1.94. The molecule has 0 N–H and O–H groups in total. The van der Waals surface area contributed by atoms with Crippen molar-refractivity contribution < 1.29 is 0 Å². The third kappa shape index (κ3) is 4.71. The van der Waals surface area contributed by atoms with Gasteiger partial charge >= 0.3 is 0 Å². The van der Waals surface area contributed by atoms with Crippen LogP contribution >= 0.6 is 15.9 Å². The molecule has 0 rings (SSSR count). The largest absolute Gasteiger partial charge is 0.0883 e. The van der Waals surface area contributed by atoms with Gasteiger partial charge in [0.05, 0.1) is 0 Å². The molecule has 0 bridgehead atoms. The van der Waals surface area contributed by atoms with Crippen LogP contribution in [0.15, 0.2) is 12.2 Å². The van der Waals surface area contributed by atoms with Gasteiger partial charge in [0.1, 0.15) is 0 Å². The van der Waals surface area contributed by atoms with Gasteiger partial charge < -0.3 is 0 Å². The highest BCUT2D eigenvalue weighted by Crippen LogP contribution is 2.20. The second kappa shape index (κ2) is 4.10. The van der Waals surface area contributed by atoms with Crippen LogP contribution in [0.1, 0.15) is 27.2 Å². The van der Waals surface area contributed by atoms with Crippen LogP contribution in [0.4, 0.5) is 0 Å². The van der Waals surface area contributed by atoms with Crippen LogP contribution in [0.3, 0.4) is 0 Å². The van der Waals surface area contributed by atoms with E-state index in [2.05, 4.69) is 48.9 Å². The van der Waals surface area contributed by atoms with E-state index in [1.165, 1.54) is 6.42 Å². The number of rotatable bonds is 3. The van der Waals surface area contributed by atoms with Crippen LogP contribution in [-0.2, 0) is 0 Å². The number of hydrogen-bond acceptors (Lipinski definition) is 0. The second-order valence-corrected chi connectivity index (χ2v) is 3.55. The molecule has 0 radical (unpaired) electrons. The van der Waals surface area contributed by atoms with Crippen LogP contribution in [-0.4, -0.2) is 5.33 Å². The number of halogens is 1. The lowest BCUT2D eigenvalue weighted by molar-refractivity contribution is 0.462. The molecule has 0 aliphatic heterocycles. The first-order valence-corrected chi connectivity index (χ1v) is 4.48. The molecule has 0 amide bonds. The van der Waals surface area contributed by atoms with E-state index in [1.54, 1.807) is 0 Å². The maximum absolute atomic E-state index is 3.34. The van der Waals surface area contributed by atoms with Crippen LogP contribution in [0.25, 0.3) is 0 Å². The Bertz CT molecular complexity index is 92.7. The Morgan fingerprint density at radius 1 is 1.44 bits per heavy atom. The molecule has 0 aliphatic carbocycles. The van der Waals surface area contributed by atoms with Gasteiger partial charge in [-0.05, 0) is 11.8 Å². The molecule has 0 aromatic carbocycles. The first kappa shape index (κ1) is 9.22. The maximum Gasteiger partial charge on any atom is 0.0212 e. The molecule has 0 aliphatic rings. The van der Waals surface area contributed by atoms with E-state index >= 15 is 0 Å². The summed E-state index contributed by atoms with van der Waals surface area (Å²) in [5.41, 5.74) is 0.383. The summed E-state index contributed by atoms with van der Waals surface area (Å²) in [6.07, 6.45) is 5.61. The Kier molecular flexibility index (Phi) is 4.20. The molecule has 0 aromatic rings. The third-order valence-electron chi connectivity index (χ3n) is 1.57. The van der Waals surface area contributed by atoms with Crippen molar-refractivity contribution in [3.05, 3.63) is 12.2 Å². The van der Waals surface area contributed by atoms with Crippen molar-refractivity contribution in [2.75, 3.05) is 5.33 Å². The van der Waals surface area contributed by atoms with Gasteiger partial charge in [-0.1, -0.05) is 48.9 Å². The summed E-state index contributed by atoms with van der Waals surface area (Å²) >= 11 is 3.34. The van der Waals surface area contributed by atoms with E-state index in [1.807, 2.05) is 0 Å². The highest BCUT2D eigenvalue weighted by atomic mass is 79.9. The first-order chi connectivity index (χ1) is 4.12. The summed E-state index contributed by atoms with van der Waals surface area (Å²) in [6, 6.07) is 0. The van der Waals surface area contributed by atoms with Gasteiger partial charge in [0.15, 0.2) is 0 Å². The van der Waals surface area contributed by atoms with Gasteiger partial charge in [-0.25, -0.2) is 0 Å². The van der Waals surface area contributed by atoms with E-state index in [9.17, 15) is 0 Å². The monoisotopic (exact) mass is 190 g/mol. The SMILES string of the molecule is CCC(C)(C)/C=C/CBr. The predicted molar refractivity (Wildman–Crippen MR) is 47.0 cm³/mol. The lowest BCUT2D eigenvalue weighted by Crippen LogP contribution is -2.03. The molecule has 0 aromatic heterocycles. The summed E-state index contributed by atoms with van der Waals surface area (Å²) in [5, 5.41) is 0.969. The number of alkyl halides is 1. The van der Waals surface area contributed by atoms with Crippen molar-refractivity contribution in [3.63, 3.8) is 0 Å². The first-order valence-electron chi connectivity index (χ1n) is 3.36. The van der Waals surface area contributed by atoms with Crippen molar-refractivity contribution in [3.8, 4) is 0 Å². The fourth-order valence-corrected chi connectivity index (χ4v) is 0.668. The van der Waals surface area contributed by atoms with Gasteiger partial charge in [-0.15, -0.1) is 0 Å². The van der Waals surface area contributed by atoms with Crippen molar-refractivity contribution in [1.82, 2.24) is 0 Å². The molecule has 0 spiro atoms. The fraction of sp³-hybridized carbons (Fsp3) is 0.750. The summed E-state index contributed by atoms with van der Waals surface area (Å²) in [7, 11) is 0. The Labute approximate surface area is 66.5 Å². The quantitative estimate of drug-likeness (QED) is 0.473.